The second-order valence-electron chi connectivity index (χ2n) is 6.19. The van der Waals surface area contributed by atoms with Crippen molar-refractivity contribution < 1.29 is 13.6 Å². The molecule has 0 aliphatic rings. The molecule has 3 aromatic rings. The van der Waals surface area contributed by atoms with Crippen molar-refractivity contribution in [2.75, 3.05) is 0 Å². The number of amides is 1. The standard InChI is InChI=1S/C22H17ClF2N2O/c1-14(27-22(28)11-9-18-19(24)6-3-7-20(18)25)15-4-2-5-16(12-15)17-8-10-21(23)26-13-17/h2-14H,1H3,(H,27,28). The molecule has 0 aliphatic carbocycles. The lowest BCUT2D eigenvalue weighted by Gasteiger charge is -2.14. The van der Waals surface area contributed by atoms with E-state index in [1.807, 2.05) is 37.3 Å². The first-order valence-corrected chi connectivity index (χ1v) is 8.96. The van der Waals surface area contributed by atoms with E-state index >= 15 is 0 Å². The lowest BCUT2D eigenvalue weighted by molar-refractivity contribution is -0.117. The molecule has 1 unspecified atom stereocenters. The summed E-state index contributed by atoms with van der Waals surface area (Å²) in [5.41, 5.74) is 2.47. The molecule has 0 bridgehead atoms. The van der Waals surface area contributed by atoms with Crippen LogP contribution in [0, 0.1) is 11.6 Å². The maximum Gasteiger partial charge on any atom is 0.244 e. The van der Waals surface area contributed by atoms with Crippen LogP contribution in [0.1, 0.15) is 24.1 Å². The van der Waals surface area contributed by atoms with E-state index in [0.29, 0.717) is 5.15 Å². The minimum absolute atomic E-state index is 0.248. The topological polar surface area (TPSA) is 42.0 Å². The Labute approximate surface area is 166 Å². The average molecular weight is 399 g/mol. The molecule has 0 spiro atoms. The van der Waals surface area contributed by atoms with Crippen LogP contribution in [0.3, 0.4) is 0 Å². The van der Waals surface area contributed by atoms with Crippen molar-refractivity contribution in [3.63, 3.8) is 0 Å². The molecule has 3 nitrogen and oxygen atoms in total. The van der Waals surface area contributed by atoms with Gasteiger partial charge >= 0.3 is 0 Å². The second kappa shape index (κ2) is 8.76. The van der Waals surface area contributed by atoms with Crippen LogP contribution in [-0.2, 0) is 4.79 Å². The summed E-state index contributed by atoms with van der Waals surface area (Å²) in [6.45, 7) is 1.83. The molecule has 28 heavy (non-hydrogen) atoms. The first-order chi connectivity index (χ1) is 13.4. The van der Waals surface area contributed by atoms with Gasteiger partial charge < -0.3 is 5.32 Å². The van der Waals surface area contributed by atoms with Crippen molar-refractivity contribution in [2.45, 2.75) is 13.0 Å². The molecule has 1 aromatic heterocycles. The zero-order valence-corrected chi connectivity index (χ0v) is 15.8. The van der Waals surface area contributed by atoms with Gasteiger partial charge in [0.2, 0.25) is 5.91 Å². The summed E-state index contributed by atoms with van der Waals surface area (Å²) >= 11 is 5.82. The summed E-state index contributed by atoms with van der Waals surface area (Å²) in [4.78, 5) is 16.2. The number of benzene rings is 2. The van der Waals surface area contributed by atoms with E-state index in [0.717, 1.165) is 41.0 Å². The van der Waals surface area contributed by atoms with E-state index in [-0.39, 0.29) is 11.6 Å². The highest BCUT2D eigenvalue weighted by Gasteiger charge is 2.10. The monoisotopic (exact) mass is 398 g/mol. The Morgan fingerprint density at radius 3 is 2.46 bits per heavy atom. The Morgan fingerprint density at radius 1 is 1.07 bits per heavy atom. The van der Waals surface area contributed by atoms with Crippen LogP contribution in [0.2, 0.25) is 5.15 Å². The van der Waals surface area contributed by atoms with Gasteiger partial charge in [0, 0.05) is 23.4 Å². The predicted octanol–water partition coefficient (Wildman–Crippen LogP) is 5.57. The van der Waals surface area contributed by atoms with Crippen molar-refractivity contribution in [1.29, 1.82) is 0 Å². The van der Waals surface area contributed by atoms with Crippen molar-refractivity contribution >= 4 is 23.6 Å². The molecule has 0 saturated carbocycles. The molecule has 2 aromatic carbocycles. The van der Waals surface area contributed by atoms with Gasteiger partial charge in [-0.05, 0) is 54.5 Å². The van der Waals surface area contributed by atoms with Gasteiger partial charge in [-0.2, -0.15) is 0 Å². The second-order valence-corrected chi connectivity index (χ2v) is 6.58. The summed E-state index contributed by atoms with van der Waals surface area (Å²) in [7, 11) is 0. The Hall–Kier alpha value is -3.05. The molecule has 0 radical (unpaired) electrons. The first kappa shape index (κ1) is 19.7. The molecule has 0 saturated heterocycles. The summed E-state index contributed by atoms with van der Waals surface area (Å²) in [5, 5.41) is 3.20. The Kier molecular flexibility index (Phi) is 6.16. The number of nitrogens with zero attached hydrogens (tertiary/aromatic N) is 1. The minimum atomic E-state index is -0.721. The third-order valence-corrected chi connectivity index (χ3v) is 4.43. The first-order valence-electron chi connectivity index (χ1n) is 8.58. The number of pyridine rings is 1. The fourth-order valence-electron chi connectivity index (χ4n) is 2.71. The van der Waals surface area contributed by atoms with Crippen LogP contribution < -0.4 is 5.32 Å². The number of hydrogen-bond donors (Lipinski definition) is 1. The van der Waals surface area contributed by atoms with Gasteiger partial charge in [-0.1, -0.05) is 35.9 Å². The van der Waals surface area contributed by atoms with Crippen LogP contribution >= 0.6 is 11.6 Å². The van der Waals surface area contributed by atoms with Gasteiger partial charge in [-0.25, -0.2) is 13.8 Å². The van der Waals surface area contributed by atoms with E-state index < -0.39 is 17.5 Å². The van der Waals surface area contributed by atoms with Crippen molar-refractivity contribution in [2.24, 2.45) is 0 Å². The van der Waals surface area contributed by atoms with Crippen molar-refractivity contribution in [3.8, 4) is 11.1 Å². The summed E-state index contributed by atoms with van der Waals surface area (Å²) in [5.74, 6) is -1.89. The number of hydrogen-bond acceptors (Lipinski definition) is 2. The highest BCUT2D eigenvalue weighted by atomic mass is 35.5. The van der Waals surface area contributed by atoms with E-state index in [4.69, 9.17) is 11.6 Å². The molecule has 142 valence electrons. The van der Waals surface area contributed by atoms with Crippen LogP contribution in [-0.4, -0.2) is 10.9 Å². The third-order valence-electron chi connectivity index (χ3n) is 4.21. The van der Waals surface area contributed by atoms with Crippen LogP contribution in [0.25, 0.3) is 17.2 Å². The molecule has 1 heterocycles. The Bertz CT molecular complexity index is 999. The van der Waals surface area contributed by atoms with Crippen molar-refractivity contribution in [3.05, 3.63) is 94.8 Å². The fraction of sp³-hybridized carbons (Fsp3) is 0.0909. The summed E-state index contributed by atoms with van der Waals surface area (Å²) in [6, 6.07) is 14.5. The third kappa shape index (κ3) is 4.81. The maximum atomic E-state index is 13.6. The zero-order valence-electron chi connectivity index (χ0n) is 15.0. The normalized spacial score (nSPS) is 12.1. The van der Waals surface area contributed by atoms with Crippen LogP contribution in [0.15, 0.2) is 66.9 Å². The molecule has 0 aliphatic heterocycles. The van der Waals surface area contributed by atoms with Crippen molar-refractivity contribution in [1.82, 2.24) is 10.3 Å². The van der Waals surface area contributed by atoms with E-state index in [2.05, 4.69) is 10.3 Å². The fourth-order valence-corrected chi connectivity index (χ4v) is 2.82. The highest BCUT2D eigenvalue weighted by molar-refractivity contribution is 6.29. The lowest BCUT2D eigenvalue weighted by Crippen LogP contribution is -2.24. The number of carbonyl (C=O) groups excluding carboxylic acids is 1. The minimum Gasteiger partial charge on any atom is -0.346 e. The smallest absolute Gasteiger partial charge is 0.244 e. The Morgan fingerprint density at radius 2 is 1.79 bits per heavy atom. The number of rotatable bonds is 5. The SMILES string of the molecule is CC(NC(=O)C=Cc1c(F)cccc1F)c1cccc(-c2ccc(Cl)nc2)c1. The molecular weight excluding hydrogens is 382 g/mol. The number of carbonyl (C=O) groups is 1. The van der Waals surface area contributed by atoms with Gasteiger partial charge in [-0.3, -0.25) is 4.79 Å². The van der Waals surface area contributed by atoms with E-state index in [1.54, 1.807) is 12.3 Å². The van der Waals surface area contributed by atoms with Gasteiger partial charge in [0.05, 0.1) is 6.04 Å². The largest absolute Gasteiger partial charge is 0.346 e. The zero-order chi connectivity index (χ0) is 20.1. The lowest BCUT2D eigenvalue weighted by atomic mass is 10.0. The molecule has 6 heteroatoms. The Balaban J connectivity index is 1.71. The molecule has 1 amide bonds. The van der Waals surface area contributed by atoms with Gasteiger partial charge in [-0.15, -0.1) is 0 Å². The number of aromatic nitrogens is 1. The highest BCUT2D eigenvalue weighted by Crippen LogP contribution is 2.23. The number of nitrogens with one attached hydrogen (secondary N) is 1. The number of halogens is 3. The van der Waals surface area contributed by atoms with Gasteiger partial charge in [0.15, 0.2) is 0 Å². The summed E-state index contributed by atoms with van der Waals surface area (Å²) < 4.78 is 27.2. The predicted molar refractivity (Wildman–Crippen MR) is 107 cm³/mol. The van der Waals surface area contributed by atoms with Crippen LogP contribution in [0.4, 0.5) is 8.78 Å². The quantitative estimate of drug-likeness (QED) is 0.451. The molecule has 1 N–H and O–H groups in total. The molecule has 1 atom stereocenters. The van der Waals surface area contributed by atoms with Crippen LogP contribution in [0.5, 0.6) is 0 Å². The summed E-state index contributed by atoms with van der Waals surface area (Å²) in [6.07, 6.45) is 3.92. The van der Waals surface area contributed by atoms with Gasteiger partial charge in [0.25, 0.3) is 0 Å². The molecular formula is C22H17ClF2N2O. The molecule has 0 fully saturated rings. The average Bonchev–Trinajstić information content (AvgIpc) is 2.68. The van der Waals surface area contributed by atoms with E-state index in [1.165, 1.54) is 6.07 Å². The maximum absolute atomic E-state index is 13.6. The van der Waals surface area contributed by atoms with E-state index in [9.17, 15) is 13.6 Å². The molecule has 3 rings (SSSR count). The van der Waals surface area contributed by atoms with Gasteiger partial charge in [0.1, 0.15) is 16.8 Å².